The molecule has 11 heteroatoms. The summed E-state index contributed by atoms with van der Waals surface area (Å²) in [5.41, 5.74) is 0.153. The number of amides is 3. The fraction of sp³-hybridized carbons (Fsp3) is 0.750. The first-order valence-electron chi connectivity index (χ1n) is 11.8. The molecule has 0 aliphatic carbocycles. The summed E-state index contributed by atoms with van der Waals surface area (Å²) in [6.07, 6.45) is -1.34. The Hall–Kier alpha value is -2.24. The van der Waals surface area contributed by atoms with Crippen molar-refractivity contribution in [1.82, 2.24) is 20.9 Å². The number of rotatable bonds is 12. The van der Waals surface area contributed by atoms with Crippen molar-refractivity contribution in [2.45, 2.75) is 97.1 Å². The van der Waals surface area contributed by atoms with Crippen molar-refractivity contribution in [3.05, 3.63) is 16.6 Å². The molecule has 5 N–H and O–H groups in total. The number of aliphatic hydroxyl groups excluding tert-OH is 1. The van der Waals surface area contributed by atoms with Crippen molar-refractivity contribution in [3.8, 4) is 0 Å². The molecule has 0 radical (unpaired) electrons. The lowest BCUT2D eigenvalue weighted by atomic mass is 9.82. The van der Waals surface area contributed by atoms with Gasteiger partial charge in [-0.05, 0) is 53.4 Å². The fourth-order valence-electron chi connectivity index (χ4n) is 3.61. The van der Waals surface area contributed by atoms with Crippen LogP contribution in [0.1, 0.15) is 67.0 Å². The molecular formula is C24H42N4O6S. The van der Waals surface area contributed by atoms with Crippen LogP contribution in [-0.4, -0.2) is 69.5 Å². The summed E-state index contributed by atoms with van der Waals surface area (Å²) >= 11 is 1.37. The molecule has 0 aliphatic heterocycles. The third kappa shape index (κ3) is 11.4. The van der Waals surface area contributed by atoms with Crippen molar-refractivity contribution in [1.29, 1.82) is 0 Å². The van der Waals surface area contributed by atoms with Gasteiger partial charge in [-0.25, -0.2) is 9.78 Å². The molecule has 10 nitrogen and oxygen atoms in total. The third-order valence-electron chi connectivity index (χ3n) is 5.31. The largest absolute Gasteiger partial charge is 0.444 e. The molecule has 4 atom stereocenters. The number of carbonyl (C=O) groups is 3. The van der Waals surface area contributed by atoms with Gasteiger partial charge < -0.3 is 30.9 Å². The van der Waals surface area contributed by atoms with Crippen LogP contribution in [0.15, 0.2) is 10.9 Å². The van der Waals surface area contributed by atoms with Crippen molar-refractivity contribution in [3.63, 3.8) is 0 Å². The third-order valence-corrected chi connectivity index (χ3v) is 5.95. The molecule has 0 bridgehead atoms. The van der Waals surface area contributed by atoms with Gasteiger partial charge in [-0.15, -0.1) is 11.3 Å². The van der Waals surface area contributed by atoms with E-state index in [1.54, 1.807) is 31.7 Å². The molecule has 0 aliphatic rings. The van der Waals surface area contributed by atoms with Gasteiger partial charge in [0.25, 0.3) is 0 Å². The molecule has 1 heterocycles. The number of aliphatic hydroxyl groups is 2. The Morgan fingerprint density at radius 1 is 1.09 bits per heavy atom. The number of nitrogens with one attached hydrogen (secondary N) is 3. The summed E-state index contributed by atoms with van der Waals surface area (Å²) in [5, 5.41) is 31.3. The zero-order valence-corrected chi connectivity index (χ0v) is 22.9. The Bertz CT molecular complexity index is 817. The first-order valence-corrected chi connectivity index (χ1v) is 12.8. The van der Waals surface area contributed by atoms with Crippen LogP contribution in [0.3, 0.4) is 0 Å². The molecule has 1 aromatic heterocycles. The molecule has 35 heavy (non-hydrogen) atoms. The van der Waals surface area contributed by atoms with Crippen LogP contribution < -0.4 is 16.0 Å². The highest BCUT2D eigenvalue weighted by Crippen LogP contribution is 2.25. The van der Waals surface area contributed by atoms with Crippen LogP contribution in [0.5, 0.6) is 0 Å². The van der Waals surface area contributed by atoms with Gasteiger partial charge in [-0.3, -0.25) is 9.59 Å². The maximum Gasteiger partial charge on any atom is 0.408 e. The lowest BCUT2D eigenvalue weighted by Gasteiger charge is -2.33. The van der Waals surface area contributed by atoms with Gasteiger partial charge >= 0.3 is 6.09 Å². The first-order chi connectivity index (χ1) is 16.0. The minimum atomic E-state index is -1.38. The summed E-state index contributed by atoms with van der Waals surface area (Å²) in [4.78, 5) is 42.3. The number of nitrogens with zero attached hydrogens (tertiary/aromatic N) is 1. The summed E-state index contributed by atoms with van der Waals surface area (Å²) in [7, 11) is 1.46. The van der Waals surface area contributed by atoms with Gasteiger partial charge in [0.2, 0.25) is 11.8 Å². The van der Waals surface area contributed by atoms with E-state index < -0.39 is 53.2 Å². The van der Waals surface area contributed by atoms with E-state index in [9.17, 15) is 24.6 Å². The second-order valence-electron chi connectivity index (χ2n) is 10.8. The number of aromatic nitrogens is 1. The quantitative estimate of drug-likeness (QED) is 0.286. The summed E-state index contributed by atoms with van der Waals surface area (Å²) < 4.78 is 5.31. The Balaban J connectivity index is 3.09. The number of thiazole rings is 1. The molecular weight excluding hydrogens is 472 g/mol. The second-order valence-corrected chi connectivity index (χ2v) is 11.5. The molecule has 0 fully saturated rings. The zero-order valence-electron chi connectivity index (χ0n) is 22.0. The Morgan fingerprint density at radius 2 is 1.71 bits per heavy atom. The molecule has 3 unspecified atom stereocenters. The zero-order chi connectivity index (χ0) is 27.0. The highest BCUT2D eigenvalue weighted by Gasteiger charge is 2.37. The number of hydrogen-bond acceptors (Lipinski definition) is 8. The van der Waals surface area contributed by atoms with E-state index in [-0.39, 0.29) is 18.8 Å². The van der Waals surface area contributed by atoms with Gasteiger partial charge in [0.15, 0.2) is 0 Å². The minimum Gasteiger partial charge on any atom is -0.444 e. The van der Waals surface area contributed by atoms with Crippen LogP contribution in [-0.2, 0) is 20.7 Å². The average Bonchev–Trinajstić information content (AvgIpc) is 3.20. The monoisotopic (exact) mass is 514 g/mol. The Morgan fingerprint density at radius 3 is 2.17 bits per heavy atom. The van der Waals surface area contributed by atoms with Crippen LogP contribution in [0.4, 0.5) is 4.79 Å². The topological polar surface area (TPSA) is 150 Å². The second kappa shape index (κ2) is 13.2. The highest BCUT2D eigenvalue weighted by atomic mass is 32.1. The van der Waals surface area contributed by atoms with Crippen molar-refractivity contribution in [2.24, 2.45) is 11.8 Å². The van der Waals surface area contributed by atoms with Gasteiger partial charge in [0.1, 0.15) is 11.6 Å². The molecule has 0 aromatic carbocycles. The summed E-state index contributed by atoms with van der Waals surface area (Å²) in [5.74, 6) is -1.68. The summed E-state index contributed by atoms with van der Waals surface area (Å²) in [6.45, 7) is 12.1. The van der Waals surface area contributed by atoms with Gasteiger partial charge in [0.05, 0.1) is 34.9 Å². The van der Waals surface area contributed by atoms with Crippen LogP contribution in [0.25, 0.3) is 0 Å². The van der Waals surface area contributed by atoms with E-state index in [1.165, 1.54) is 32.2 Å². The van der Waals surface area contributed by atoms with E-state index in [2.05, 4.69) is 20.9 Å². The van der Waals surface area contributed by atoms with E-state index in [1.807, 2.05) is 13.8 Å². The van der Waals surface area contributed by atoms with Crippen molar-refractivity contribution in [2.75, 3.05) is 7.05 Å². The maximum atomic E-state index is 13.3. The molecule has 0 saturated carbocycles. The number of alkyl carbamates (subject to hydrolysis) is 1. The lowest BCUT2D eigenvalue weighted by molar-refractivity contribution is -0.134. The smallest absolute Gasteiger partial charge is 0.408 e. The Labute approximate surface area is 212 Å². The first kappa shape index (κ1) is 30.8. The summed E-state index contributed by atoms with van der Waals surface area (Å²) in [6, 6.07) is -1.70. The average molecular weight is 515 g/mol. The lowest BCUT2D eigenvalue weighted by Crippen LogP contribution is -2.55. The van der Waals surface area contributed by atoms with Gasteiger partial charge in [0, 0.05) is 18.8 Å². The predicted octanol–water partition coefficient (Wildman–Crippen LogP) is 1.99. The van der Waals surface area contributed by atoms with Gasteiger partial charge in [-0.2, -0.15) is 0 Å². The SMILES string of the molecule is CNC(=O)C(CC(O)C(CC(C)C)NC(=O)[C@H](Cc1cscn1)NC(=O)OC(C)(C)C)C(C)(C)O. The maximum absolute atomic E-state index is 13.3. The normalized spacial score (nSPS) is 15.6. The minimum absolute atomic E-state index is 0.0584. The van der Waals surface area contributed by atoms with E-state index in [4.69, 9.17) is 4.74 Å². The fourth-order valence-corrected chi connectivity index (χ4v) is 4.18. The Kier molecular flexibility index (Phi) is 11.6. The predicted molar refractivity (Wildman–Crippen MR) is 135 cm³/mol. The van der Waals surface area contributed by atoms with E-state index in [0.29, 0.717) is 12.1 Å². The van der Waals surface area contributed by atoms with E-state index >= 15 is 0 Å². The van der Waals surface area contributed by atoms with Crippen molar-refractivity contribution < 1.29 is 29.3 Å². The molecule has 1 aromatic rings. The number of carbonyl (C=O) groups excluding carboxylic acids is 3. The van der Waals surface area contributed by atoms with E-state index in [0.717, 1.165) is 0 Å². The molecule has 0 spiro atoms. The highest BCUT2D eigenvalue weighted by molar-refractivity contribution is 7.07. The van der Waals surface area contributed by atoms with Crippen LogP contribution >= 0.6 is 11.3 Å². The van der Waals surface area contributed by atoms with Crippen LogP contribution in [0, 0.1) is 11.8 Å². The standard InChI is InChI=1S/C24H42N4O6S/c1-14(2)9-17(19(29)11-16(20(30)25-8)24(6,7)33)27-21(31)18(10-15-12-35-13-26-15)28-22(32)34-23(3,4)5/h12-14,16-19,29,33H,9-11H2,1-8H3,(H,25,30)(H,27,31)(H,28,32)/t16?,17?,18-,19?/m0/s1. The van der Waals surface area contributed by atoms with Gasteiger partial charge in [-0.1, -0.05) is 13.8 Å². The molecule has 0 saturated heterocycles. The number of hydrogen-bond donors (Lipinski definition) is 5. The molecule has 1 rings (SSSR count). The molecule has 200 valence electrons. The number of ether oxygens (including phenoxy) is 1. The van der Waals surface area contributed by atoms with Crippen molar-refractivity contribution >= 4 is 29.2 Å². The molecule has 3 amide bonds. The van der Waals surface area contributed by atoms with Crippen LogP contribution in [0.2, 0.25) is 0 Å².